The third-order valence-electron chi connectivity index (χ3n) is 2.42. The van der Waals surface area contributed by atoms with Crippen molar-refractivity contribution in [2.45, 2.75) is 25.1 Å². The number of hydrogen-bond donors (Lipinski definition) is 1. The lowest BCUT2D eigenvalue weighted by molar-refractivity contribution is -0.223. The number of nitrogens with zero attached hydrogens (tertiary/aromatic N) is 1. The zero-order valence-corrected chi connectivity index (χ0v) is 7.71. The number of carbonyl (C=O) groups is 1. The van der Waals surface area contributed by atoms with Crippen molar-refractivity contribution in [2.24, 2.45) is 5.92 Å². The summed E-state index contributed by atoms with van der Waals surface area (Å²) in [5.41, 5.74) is 0. The van der Waals surface area contributed by atoms with Gasteiger partial charge in [0.15, 0.2) is 6.10 Å². The van der Waals surface area contributed by atoms with Gasteiger partial charge >= 0.3 is 6.18 Å². The highest BCUT2D eigenvalue weighted by Crippen LogP contribution is 2.31. The number of hydrogen-bond acceptors (Lipinski definition) is 2. The maximum absolute atomic E-state index is 12.1. The van der Waals surface area contributed by atoms with E-state index in [4.69, 9.17) is 5.11 Å². The minimum Gasteiger partial charge on any atom is -0.383 e. The zero-order chi connectivity index (χ0) is 10.9. The molecule has 6 heteroatoms. The number of aliphatic hydroxyl groups is 1. The van der Waals surface area contributed by atoms with Crippen LogP contribution in [0.4, 0.5) is 13.2 Å². The van der Waals surface area contributed by atoms with Gasteiger partial charge in [0.25, 0.3) is 0 Å². The van der Waals surface area contributed by atoms with Gasteiger partial charge in [0, 0.05) is 13.6 Å². The Morgan fingerprint density at radius 3 is 2.64 bits per heavy atom. The van der Waals surface area contributed by atoms with Crippen LogP contribution in [0.1, 0.15) is 12.8 Å². The molecule has 1 rings (SSSR count). The Morgan fingerprint density at radius 2 is 2.14 bits per heavy atom. The van der Waals surface area contributed by atoms with E-state index in [9.17, 15) is 18.0 Å². The third kappa shape index (κ3) is 2.17. The molecular formula is C8H12F3NO2. The predicted octanol–water partition coefficient (Wildman–Crippen LogP) is 0.778. The van der Waals surface area contributed by atoms with Gasteiger partial charge in [0.1, 0.15) is 0 Å². The van der Waals surface area contributed by atoms with Crippen LogP contribution in [0, 0.1) is 5.92 Å². The van der Waals surface area contributed by atoms with E-state index in [1.165, 1.54) is 11.9 Å². The summed E-state index contributed by atoms with van der Waals surface area (Å²) in [4.78, 5) is 12.5. The topological polar surface area (TPSA) is 40.5 Å². The summed E-state index contributed by atoms with van der Waals surface area (Å²) in [6, 6.07) is 0. The van der Waals surface area contributed by atoms with Gasteiger partial charge in [-0.3, -0.25) is 4.79 Å². The van der Waals surface area contributed by atoms with Crippen molar-refractivity contribution in [3.8, 4) is 0 Å². The number of rotatable bonds is 1. The highest BCUT2D eigenvalue weighted by atomic mass is 19.4. The highest BCUT2D eigenvalue weighted by molar-refractivity contribution is 5.79. The first-order valence-corrected chi connectivity index (χ1v) is 4.34. The molecule has 0 bridgehead atoms. The van der Waals surface area contributed by atoms with E-state index in [0.29, 0.717) is 13.0 Å². The Kier molecular flexibility index (Phi) is 3.04. The minimum absolute atomic E-state index is 0.101. The Morgan fingerprint density at radius 1 is 1.57 bits per heavy atom. The summed E-state index contributed by atoms with van der Waals surface area (Å²) in [5, 5.41) is 8.93. The van der Waals surface area contributed by atoms with Gasteiger partial charge in [-0.1, -0.05) is 0 Å². The first-order chi connectivity index (χ1) is 6.34. The third-order valence-corrected chi connectivity index (χ3v) is 2.42. The molecule has 1 N–H and O–H groups in total. The molecule has 3 nitrogen and oxygen atoms in total. The number of likely N-dealkylation sites (tertiary alicyclic amines) is 1. The van der Waals surface area contributed by atoms with Gasteiger partial charge in [-0.05, 0) is 12.8 Å². The average molecular weight is 211 g/mol. The Labute approximate surface area is 79.5 Å². The number of carbonyl (C=O) groups excluding carboxylic acids is 1. The quantitative estimate of drug-likeness (QED) is 0.696. The maximum Gasteiger partial charge on any atom is 0.415 e. The second-order valence-electron chi connectivity index (χ2n) is 3.49. The van der Waals surface area contributed by atoms with Crippen LogP contribution in [-0.4, -0.2) is 41.8 Å². The normalized spacial score (nSPS) is 26.5. The molecule has 0 radical (unpaired) electrons. The van der Waals surface area contributed by atoms with E-state index >= 15 is 0 Å². The van der Waals surface area contributed by atoms with Crippen LogP contribution in [0.2, 0.25) is 0 Å². The zero-order valence-electron chi connectivity index (χ0n) is 7.71. The van der Waals surface area contributed by atoms with E-state index in [-0.39, 0.29) is 6.42 Å². The Balaban J connectivity index is 2.72. The molecule has 1 amide bonds. The molecule has 0 aromatic heterocycles. The van der Waals surface area contributed by atoms with Crippen LogP contribution in [0.25, 0.3) is 0 Å². The predicted molar refractivity (Wildman–Crippen MR) is 42.4 cm³/mol. The second-order valence-corrected chi connectivity index (χ2v) is 3.49. The summed E-state index contributed by atoms with van der Waals surface area (Å²) in [7, 11) is 1.44. The first-order valence-electron chi connectivity index (χ1n) is 4.34. The maximum atomic E-state index is 12.1. The number of halogens is 3. The number of amides is 1. The van der Waals surface area contributed by atoms with Crippen LogP contribution in [0.3, 0.4) is 0 Å². The lowest BCUT2D eigenvalue weighted by Gasteiger charge is -2.32. The van der Waals surface area contributed by atoms with E-state index in [2.05, 4.69) is 0 Å². The lowest BCUT2D eigenvalue weighted by atomic mass is 9.91. The summed E-state index contributed by atoms with van der Waals surface area (Å²) >= 11 is 0. The fraction of sp³-hybridized carbons (Fsp3) is 0.875. The van der Waals surface area contributed by atoms with Gasteiger partial charge in [-0.2, -0.15) is 13.2 Å². The molecular weight excluding hydrogens is 199 g/mol. The van der Waals surface area contributed by atoms with E-state index in [1.54, 1.807) is 0 Å². The van der Waals surface area contributed by atoms with E-state index in [0.717, 1.165) is 0 Å². The molecule has 82 valence electrons. The molecule has 1 heterocycles. The van der Waals surface area contributed by atoms with Crippen molar-refractivity contribution in [2.75, 3.05) is 13.6 Å². The Hall–Kier alpha value is -0.780. The number of piperidine rings is 1. The van der Waals surface area contributed by atoms with Crippen LogP contribution >= 0.6 is 0 Å². The molecule has 0 saturated carbocycles. The summed E-state index contributed by atoms with van der Waals surface area (Å²) < 4.78 is 36.3. The van der Waals surface area contributed by atoms with Crippen molar-refractivity contribution in [1.29, 1.82) is 0 Å². The largest absolute Gasteiger partial charge is 0.415 e. The smallest absolute Gasteiger partial charge is 0.383 e. The first kappa shape index (κ1) is 11.3. The van der Waals surface area contributed by atoms with Crippen LogP contribution in [0.15, 0.2) is 0 Å². The van der Waals surface area contributed by atoms with Gasteiger partial charge < -0.3 is 10.0 Å². The average Bonchev–Trinajstić information content (AvgIpc) is 2.07. The van der Waals surface area contributed by atoms with E-state index in [1.807, 2.05) is 0 Å². The fourth-order valence-electron chi connectivity index (χ4n) is 1.59. The molecule has 2 unspecified atom stereocenters. The molecule has 2 atom stereocenters. The van der Waals surface area contributed by atoms with Crippen LogP contribution < -0.4 is 0 Å². The summed E-state index contributed by atoms with van der Waals surface area (Å²) in [5.74, 6) is -1.95. The van der Waals surface area contributed by atoms with Crippen LogP contribution in [-0.2, 0) is 4.79 Å². The summed E-state index contributed by atoms with van der Waals surface area (Å²) in [6.45, 7) is 0.458. The van der Waals surface area contributed by atoms with Crippen LogP contribution in [0.5, 0.6) is 0 Å². The minimum atomic E-state index is -4.71. The molecule has 1 aliphatic rings. The molecule has 0 aromatic carbocycles. The standard InChI is InChI=1S/C8H12F3NO2/c1-12-4-2-3-5(7(12)14)6(13)8(9,10)11/h5-6,13H,2-4H2,1H3. The number of aliphatic hydroxyl groups excluding tert-OH is 1. The van der Waals surface area contributed by atoms with Crippen molar-refractivity contribution in [1.82, 2.24) is 4.90 Å². The number of alkyl halides is 3. The van der Waals surface area contributed by atoms with Crippen molar-refractivity contribution in [3.05, 3.63) is 0 Å². The highest BCUT2D eigenvalue weighted by Gasteiger charge is 2.47. The summed E-state index contributed by atoms with van der Waals surface area (Å²) in [6.07, 6.45) is -6.64. The molecule has 14 heavy (non-hydrogen) atoms. The molecule has 1 fully saturated rings. The molecule has 0 aliphatic carbocycles. The molecule has 1 saturated heterocycles. The van der Waals surface area contributed by atoms with Gasteiger partial charge in [0.05, 0.1) is 5.92 Å². The van der Waals surface area contributed by atoms with Crippen molar-refractivity contribution < 1.29 is 23.1 Å². The Bertz CT molecular complexity index is 229. The lowest BCUT2D eigenvalue weighted by Crippen LogP contribution is -2.48. The van der Waals surface area contributed by atoms with Gasteiger partial charge in [0.2, 0.25) is 5.91 Å². The van der Waals surface area contributed by atoms with Gasteiger partial charge in [-0.15, -0.1) is 0 Å². The monoisotopic (exact) mass is 211 g/mol. The molecule has 0 aromatic rings. The second kappa shape index (κ2) is 3.76. The van der Waals surface area contributed by atoms with Gasteiger partial charge in [-0.25, -0.2) is 0 Å². The fourth-order valence-corrected chi connectivity index (χ4v) is 1.59. The SMILES string of the molecule is CN1CCCC(C(O)C(F)(F)F)C1=O. The molecule has 1 aliphatic heterocycles. The van der Waals surface area contributed by atoms with Crippen molar-refractivity contribution in [3.63, 3.8) is 0 Å². The van der Waals surface area contributed by atoms with E-state index < -0.39 is 24.1 Å². The van der Waals surface area contributed by atoms with Crippen molar-refractivity contribution >= 4 is 5.91 Å². The molecule has 0 spiro atoms.